The van der Waals surface area contributed by atoms with Crippen molar-refractivity contribution in [3.8, 4) is 5.75 Å². The summed E-state index contributed by atoms with van der Waals surface area (Å²) in [5, 5.41) is 16.1. The lowest BCUT2D eigenvalue weighted by atomic mass is 9.84. The molecule has 0 amide bonds. The molecular formula is C23H33IN4O3. The summed E-state index contributed by atoms with van der Waals surface area (Å²) in [6.07, 6.45) is 3.45. The predicted octanol–water partition coefficient (Wildman–Crippen LogP) is 3.12. The predicted molar refractivity (Wildman–Crippen MR) is 133 cm³/mol. The van der Waals surface area contributed by atoms with Gasteiger partial charge in [-0.25, -0.2) is 4.99 Å². The third kappa shape index (κ3) is 8.27. The number of benzene rings is 1. The summed E-state index contributed by atoms with van der Waals surface area (Å²) in [7, 11) is 0. The van der Waals surface area contributed by atoms with Gasteiger partial charge in [0.1, 0.15) is 12.4 Å². The van der Waals surface area contributed by atoms with E-state index in [0.29, 0.717) is 19.8 Å². The fourth-order valence-electron chi connectivity index (χ4n) is 3.47. The molecule has 0 bridgehead atoms. The standard InChI is InChI=1S/C23H32N4O3.HI/c1-2-24-22(27-17-23(9-12-28)10-13-29-18-23)26-15-19-6-5-8-21(14-19)30-16-20-7-3-4-11-25-20;/h3-8,11,14,28H,2,9-10,12-13,15-18H2,1H3,(H2,24,26,27);1H. The van der Waals surface area contributed by atoms with Gasteiger partial charge in [-0.3, -0.25) is 4.98 Å². The first-order chi connectivity index (χ1) is 14.7. The maximum Gasteiger partial charge on any atom is 0.191 e. The molecule has 3 N–H and O–H groups in total. The number of aliphatic imine (C=N–C) groups is 1. The molecule has 2 aromatic rings. The van der Waals surface area contributed by atoms with E-state index in [0.717, 1.165) is 55.5 Å². The number of halogens is 1. The maximum atomic E-state index is 9.41. The third-order valence-corrected chi connectivity index (χ3v) is 5.23. The van der Waals surface area contributed by atoms with E-state index < -0.39 is 0 Å². The molecule has 170 valence electrons. The average Bonchev–Trinajstić information content (AvgIpc) is 3.24. The molecule has 1 atom stereocenters. The van der Waals surface area contributed by atoms with E-state index in [1.54, 1.807) is 6.20 Å². The minimum Gasteiger partial charge on any atom is -0.487 e. The van der Waals surface area contributed by atoms with Crippen LogP contribution in [0.2, 0.25) is 0 Å². The number of aliphatic hydroxyl groups is 1. The number of aromatic nitrogens is 1. The zero-order valence-corrected chi connectivity index (χ0v) is 20.4. The van der Waals surface area contributed by atoms with Crippen molar-refractivity contribution in [3.05, 3.63) is 59.9 Å². The summed E-state index contributed by atoms with van der Waals surface area (Å²) < 4.78 is 11.4. The minimum atomic E-state index is -0.0236. The lowest BCUT2D eigenvalue weighted by Crippen LogP contribution is -2.44. The number of ether oxygens (including phenoxy) is 2. The van der Waals surface area contributed by atoms with Gasteiger partial charge in [0.05, 0.1) is 18.8 Å². The van der Waals surface area contributed by atoms with Gasteiger partial charge in [-0.05, 0) is 49.6 Å². The van der Waals surface area contributed by atoms with Gasteiger partial charge in [0, 0.05) is 37.9 Å². The first kappa shape index (κ1) is 25.4. The molecule has 0 spiro atoms. The number of nitrogens with zero attached hydrogens (tertiary/aromatic N) is 2. The maximum absolute atomic E-state index is 9.41. The smallest absolute Gasteiger partial charge is 0.191 e. The second-order valence-electron chi connectivity index (χ2n) is 7.58. The molecule has 2 heterocycles. The topological polar surface area (TPSA) is 88.0 Å². The van der Waals surface area contributed by atoms with Crippen LogP contribution in [0.25, 0.3) is 0 Å². The third-order valence-electron chi connectivity index (χ3n) is 5.23. The van der Waals surface area contributed by atoms with Gasteiger partial charge >= 0.3 is 0 Å². The summed E-state index contributed by atoms with van der Waals surface area (Å²) in [4.78, 5) is 9.00. The molecule has 0 radical (unpaired) electrons. The lowest BCUT2D eigenvalue weighted by molar-refractivity contribution is 0.127. The summed E-state index contributed by atoms with van der Waals surface area (Å²) >= 11 is 0. The van der Waals surface area contributed by atoms with E-state index >= 15 is 0 Å². The van der Waals surface area contributed by atoms with Gasteiger partial charge in [0.2, 0.25) is 0 Å². The van der Waals surface area contributed by atoms with Gasteiger partial charge in [0.25, 0.3) is 0 Å². The Kier molecular flexibility index (Phi) is 11.0. The van der Waals surface area contributed by atoms with E-state index in [9.17, 15) is 5.11 Å². The molecule has 0 saturated carbocycles. The number of hydrogen-bond donors (Lipinski definition) is 3. The zero-order valence-electron chi connectivity index (χ0n) is 18.0. The molecule has 8 heteroatoms. The Morgan fingerprint density at radius 1 is 1.26 bits per heavy atom. The largest absolute Gasteiger partial charge is 0.487 e. The average molecular weight is 540 g/mol. The van der Waals surface area contributed by atoms with Gasteiger partial charge in [-0.15, -0.1) is 24.0 Å². The van der Waals surface area contributed by atoms with Crippen molar-refractivity contribution in [1.82, 2.24) is 15.6 Å². The van der Waals surface area contributed by atoms with Gasteiger partial charge in [-0.1, -0.05) is 18.2 Å². The van der Waals surface area contributed by atoms with Crippen LogP contribution >= 0.6 is 24.0 Å². The Morgan fingerprint density at radius 2 is 2.16 bits per heavy atom. The summed E-state index contributed by atoms with van der Waals surface area (Å²) in [6.45, 7) is 6.13. The highest BCUT2D eigenvalue weighted by atomic mass is 127. The summed E-state index contributed by atoms with van der Waals surface area (Å²) in [5.41, 5.74) is 1.94. The van der Waals surface area contributed by atoms with E-state index in [-0.39, 0.29) is 36.0 Å². The molecule has 1 aliphatic rings. The molecule has 7 nitrogen and oxygen atoms in total. The Bertz CT molecular complexity index is 798. The van der Waals surface area contributed by atoms with Crippen LogP contribution in [0, 0.1) is 5.41 Å². The second-order valence-corrected chi connectivity index (χ2v) is 7.58. The number of aliphatic hydroxyl groups excluding tert-OH is 1. The van der Waals surface area contributed by atoms with Gasteiger partial charge in [0.15, 0.2) is 5.96 Å². The van der Waals surface area contributed by atoms with Crippen molar-refractivity contribution in [2.24, 2.45) is 10.4 Å². The van der Waals surface area contributed by atoms with Crippen LogP contribution in [0.3, 0.4) is 0 Å². The zero-order chi connectivity index (χ0) is 21.1. The highest BCUT2D eigenvalue weighted by Crippen LogP contribution is 2.31. The van der Waals surface area contributed by atoms with Crippen LogP contribution in [0.4, 0.5) is 0 Å². The first-order valence-electron chi connectivity index (χ1n) is 10.6. The normalized spacial score (nSPS) is 18.3. The van der Waals surface area contributed by atoms with Crippen LogP contribution < -0.4 is 15.4 Å². The number of guanidine groups is 1. The van der Waals surface area contributed by atoms with Crippen LogP contribution in [0.1, 0.15) is 31.0 Å². The summed E-state index contributed by atoms with van der Waals surface area (Å²) in [5.74, 6) is 1.57. The molecule has 1 unspecified atom stereocenters. The number of rotatable bonds is 10. The van der Waals surface area contributed by atoms with Crippen molar-refractivity contribution in [1.29, 1.82) is 0 Å². The van der Waals surface area contributed by atoms with Crippen LogP contribution in [-0.4, -0.2) is 49.0 Å². The lowest BCUT2D eigenvalue weighted by Gasteiger charge is -2.27. The molecule has 1 aromatic carbocycles. The van der Waals surface area contributed by atoms with E-state index in [1.165, 1.54) is 0 Å². The van der Waals surface area contributed by atoms with Crippen molar-refractivity contribution >= 4 is 29.9 Å². The monoisotopic (exact) mass is 540 g/mol. The van der Waals surface area contributed by atoms with Crippen LogP contribution in [-0.2, 0) is 17.9 Å². The van der Waals surface area contributed by atoms with Crippen LogP contribution in [0.5, 0.6) is 5.75 Å². The number of hydrogen-bond acceptors (Lipinski definition) is 5. The van der Waals surface area contributed by atoms with Crippen molar-refractivity contribution in [2.45, 2.75) is 32.9 Å². The van der Waals surface area contributed by atoms with E-state index in [1.807, 2.05) is 49.4 Å². The minimum absolute atomic E-state index is 0. The molecule has 0 aliphatic carbocycles. The number of nitrogens with one attached hydrogen (secondary N) is 2. The van der Waals surface area contributed by atoms with Crippen molar-refractivity contribution in [2.75, 3.05) is 32.9 Å². The fourth-order valence-corrected chi connectivity index (χ4v) is 3.47. The van der Waals surface area contributed by atoms with Gasteiger partial charge in [-0.2, -0.15) is 0 Å². The molecule has 3 rings (SSSR count). The second kappa shape index (κ2) is 13.5. The van der Waals surface area contributed by atoms with Crippen molar-refractivity contribution < 1.29 is 14.6 Å². The molecule has 1 fully saturated rings. The summed E-state index contributed by atoms with van der Waals surface area (Å²) in [6, 6.07) is 13.8. The molecule has 1 saturated heterocycles. The van der Waals surface area contributed by atoms with Crippen molar-refractivity contribution in [3.63, 3.8) is 0 Å². The SMILES string of the molecule is CCNC(=NCc1cccc(OCc2ccccn2)c1)NCC1(CCO)CCOC1.I. The highest BCUT2D eigenvalue weighted by molar-refractivity contribution is 14.0. The fraction of sp³-hybridized carbons (Fsp3) is 0.478. The van der Waals surface area contributed by atoms with E-state index in [4.69, 9.17) is 14.5 Å². The van der Waals surface area contributed by atoms with E-state index in [2.05, 4.69) is 15.6 Å². The Hall–Kier alpha value is -1.91. The number of pyridine rings is 1. The Balaban J connectivity index is 0.00000341. The van der Waals surface area contributed by atoms with Crippen LogP contribution in [0.15, 0.2) is 53.7 Å². The molecular weight excluding hydrogens is 507 g/mol. The Labute approximate surface area is 201 Å². The highest BCUT2D eigenvalue weighted by Gasteiger charge is 2.34. The molecule has 1 aromatic heterocycles. The molecule has 31 heavy (non-hydrogen) atoms. The molecule has 1 aliphatic heterocycles. The Morgan fingerprint density at radius 3 is 2.87 bits per heavy atom. The van der Waals surface area contributed by atoms with Gasteiger partial charge < -0.3 is 25.2 Å². The quantitative estimate of drug-likeness (QED) is 0.244. The first-order valence-corrected chi connectivity index (χ1v) is 10.6.